The van der Waals surface area contributed by atoms with Crippen LogP contribution in [0.4, 0.5) is 0 Å². The SMILES string of the molecule is CCOc1cc(CNCCCN2CCOCC2)ccc1OCc1ccc(C)cc1.Cl.Cl. The second kappa shape index (κ2) is 15.3. The third-order valence-corrected chi connectivity index (χ3v) is 5.08. The fourth-order valence-electron chi connectivity index (χ4n) is 3.38. The van der Waals surface area contributed by atoms with Crippen molar-refractivity contribution in [1.82, 2.24) is 10.2 Å². The molecule has 3 rings (SSSR count). The summed E-state index contributed by atoms with van der Waals surface area (Å²) in [6, 6.07) is 14.6. The van der Waals surface area contributed by atoms with Gasteiger partial charge in [0.15, 0.2) is 11.5 Å². The molecule has 0 bridgehead atoms. The number of halogens is 2. The molecule has 0 aliphatic carbocycles. The predicted molar refractivity (Wildman–Crippen MR) is 131 cm³/mol. The van der Waals surface area contributed by atoms with Crippen LogP contribution in [0.25, 0.3) is 0 Å². The summed E-state index contributed by atoms with van der Waals surface area (Å²) < 4.78 is 17.2. The molecule has 1 saturated heterocycles. The summed E-state index contributed by atoms with van der Waals surface area (Å²) in [5, 5.41) is 3.54. The quantitative estimate of drug-likeness (QED) is 0.485. The van der Waals surface area contributed by atoms with Crippen LogP contribution in [0, 0.1) is 6.92 Å². The summed E-state index contributed by atoms with van der Waals surface area (Å²) in [5.41, 5.74) is 3.62. The number of aryl methyl sites for hydroxylation is 1. The molecule has 0 amide bonds. The highest BCUT2D eigenvalue weighted by molar-refractivity contribution is 5.85. The monoisotopic (exact) mass is 470 g/mol. The molecule has 1 aliphatic heterocycles. The van der Waals surface area contributed by atoms with Gasteiger partial charge in [0.2, 0.25) is 0 Å². The molecule has 0 radical (unpaired) electrons. The summed E-state index contributed by atoms with van der Waals surface area (Å²) in [5.74, 6) is 1.61. The first-order valence-electron chi connectivity index (χ1n) is 10.7. The highest BCUT2D eigenvalue weighted by atomic mass is 35.5. The van der Waals surface area contributed by atoms with Gasteiger partial charge in [-0.3, -0.25) is 4.90 Å². The van der Waals surface area contributed by atoms with Gasteiger partial charge in [-0.05, 0) is 56.6 Å². The molecule has 1 fully saturated rings. The van der Waals surface area contributed by atoms with Gasteiger partial charge in [-0.15, -0.1) is 24.8 Å². The van der Waals surface area contributed by atoms with Gasteiger partial charge in [0.05, 0.1) is 19.8 Å². The maximum Gasteiger partial charge on any atom is 0.161 e. The predicted octanol–water partition coefficient (Wildman–Crippen LogP) is 4.63. The van der Waals surface area contributed by atoms with Crippen molar-refractivity contribution in [2.75, 3.05) is 46.0 Å². The molecule has 5 nitrogen and oxygen atoms in total. The maximum absolute atomic E-state index is 6.02. The van der Waals surface area contributed by atoms with E-state index in [1.165, 1.54) is 11.1 Å². The highest BCUT2D eigenvalue weighted by Crippen LogP contribution is 2.29. The van der Waals surface area contributed by atoms with Crippen molar-refractivity contribution in [2.45, 2.75) is 33.4 Å². The average Bonchev–Trinajstić information content (AvgIpc) is 2.75. The van der Waals surface area contributed by atoms with E-state index < -0.39 is 0 Å². The topological polar surface area (TPSA) is 43.0 Å². The lowest BCUT2D eigenvalue weighted by Gasteiger charge is -2.26. The zero-order valence-corrected chi connectivity index (χ0v) is 20.2. The number of nitrogens with zero attached hydrogens (tertiary/aromatic N) is 1. The van der Waals surface area contributed by atoms with Gasteiger partial charge in [-0.2, -0.15) is 0 Å². The third-order valence-electron chi connectivity index (χ3n) is 5.08. The molecule has 0 atom stereocenters. The van der Waals surface area contributed by atoms with E-state index in [0.29, 0.717) is 13.2 Å². The summed E-state index contributed by atoms with van der Waals surface area (Å²) in [6.07, 6.45) is 1.15. The number of hydrogen-bond donors (Lipinski definition) is 1. The van der Waals surface area contributed by atoms with E-state index in [1.807, 2.05) is 13.0 Å². The van der Waals surface area contributed by atoms with E-state index in [0.717, 1.165) is 69.4 Å². The number of rotatable bonds is 11. The van der Waals surface area contributed by atoms with Crippen molar-refractivity contribution in [3.05, 3.63) is 59.2 Å². The van der Waals surface area contributed by atoms with Gasteiger partial charge in [0.25, 0.3) is 0 Å². The number of nitrogens with one attached hydrogen (secondary N) is 1. The zero-order chi connectivity index (χ0) is 20.3. The Labute approximate surface area is 199 Å². The van der Waals surface area contributed by atoms with Crippen LogP contribution in [0.3, 0.4) is 0 Å². The van der Waals surface area contributed by atoms with Crippen LogP contribution in [0.15, 0.2) is 42.5 Å². The van der Waals surface area contributed by atoms with Gasteiger partial charge in [-0.25, -0.2) is 0 Å². The van der Waals surface area contributed by atoms with E-state index in [1.54, 1.807) is 0 Å². The van der Waals surface area contributed by atoms with Gasteiger partial charge in [-0.1, -0.05) is 35.9 Å². The van der Waals surface area contributed by atoms with Crippen molar-refractivity contribution >= 4 is 24.8 Å². The van der Waals surface area contributed by atoms with Gasteiger partial charge >= 0.3 is 0 Å². The molecule has 2 aromatic carbocycles. The van der Waals surface area contributed by atoms with Gasteiger partial charge in [0.1, 0.15) is 6.61 Å². The van der Waals surface area contributed by atoms with E-state index in [4.69, 9.17) is 14.2 Å². The van der Waals surface area contributed by atoms with Crippen molar-refractivity contribution in [3.8, 4) is 11.5 Å². The van der Waals surface area contributed by atoms with E-state index in [-0.39, 0.29) is 24.8 Å². The Bertz CT molecular complexity index is 738. The summed E-state index contributed by atoms with van der Waals surface area (Å²) in [4.78, 5) is 2.47. The molecule has 1 N–H and O–H groups in total. The van der Waals surface area contributed by atoms with Crippen molar-refractivity contribution in [2.24, 2.45) is 0 Å². The molecule has 0 unspecified atom stereocenters. The van der Waals surface area contributed by atoms with Crippen LogP contribution in [0.5, 0.6) is 11.5 Å². The second-order valence-electron chi connectivity index (χ2n) is 7.47. The fraction of sp³-hybridized carbons (Fsp3) is 0.500. The minimum atomic E-state index is 0. The molecule has 2 aromatic rings. The standard InChI is InChI=1S/C24H34N2O3.2ClH/c1-3-28-24-17-22(18-25-11-4-12-26-13-15-27-16-14-26)9-10-23(24)29-19-21-7-5-20(2)6-8-21;;/h5-10,17,25H,3-4,11-16,18-19H2,1-2H3;2*1H. The number of morpholine rings is 1. The summed E-state index contributed by atoms with van der Waals surface area (Å²) >= 11 is 0. The Morgan fingerprint density at radius 1 is 0.935 bits per heavy atom. The van der Waals surface area contributed by atoms with E-state index in [2.05, 4.69) is 53.5 Å². The second-order valence-corrected chi connectivity index (χ2v) is 7.47. The molecule has 0 aromatic heterocycles. The van der Waals surface area contributed by atoms with Crippen LogP contribution in [0.1, 0.15) is 30.0 Å². The Hall–Kier alpha value is -1.50. The molecule has 7 heteroatoms. The molecule has 1 heterocycles. The Kier molecular flexibility index (Phi) is 13.6. The normalized spacial score (nSPS) is 13.7. The van der Waals surface area contributed by atoms with Crippen molar-refractivity contribution in [3.63, 3.8) is 0 Å². The first-order chi connectivity index (χ1) is 14.2. The van der Waals surface area contributed by atoms with Crippen LogP contribution in [-0.2, 0) is 17.9 Å². The molecule has 1 aliphatic rings. The smallest absolute Gasteiger partial charge is 0.161 e. The average molecular weight is 471 g/mol. The van der Waals surface area contributed by atoms with Crippen LogP contribution in [-0.4, -0.2) is 50.9 Å². The largest absolute Gasteiger partial charge is 0.490 e. The lowest BCUT2D eigenvalue weighted by molar-refractivity contribution is 0.0374. The molecule has 174 valence electrons. The number of hydrogen-bond acceptors (Lipinski definition) is 5. The Balaban J connectivity index is 0.00000240. The lowest BCUT2D eigenvalue weighted by atomic mass is 10.1. The third kappa shape index (κ3) is 9.67. The van der Waals surface area contributed by atoms with Crippen LogP contribution >= 0.6 is 24.8 Å². The van der Waals surface area contributed by atoms with Crippen molar-refractivity contribution < 1.29 is 14.2 Å². The van der Waals surface area contributed by atoms with Crippen molar-refractivity contribution in [1.29, 1.82) is 0 Å². The van der Waals surface area contributed by atoms with E-state index >= 15 is 0 Å². The van der Waals surface area contributed by atoms with Gasteiger partial charge in [0, 0.05) is 19.6 Å². The Morgan fingerprint density at radius 2 is 1.65 bits per heavy atom. The fourth-order valence-corrected chi connectivity index (χ4v) is 3.38. The lowest BCUT2D eigenvalue weighted by Crippen LogP contribution is -2.37. The minimum absolute atomic E-state index is 0. The summed E-state index contributed by atoms with van der Waals surface area (Å²) in [7, 11) is 0. The van der Waals surface area contributed by atoms with Crippen LogP contribution in [0.2, 0.25) is 0 Å². The first-order valence-corrected chi connectivity index (χ1v) is 10.7. The first kappa shape index (κ1) is 27.5. The Morgan fingerprint density at radius 3 is 2.35 bits per heavy atom. The molecule has 31 heavy (non-hydrogen) atoms. The number of ether oxygens (including phenoxy) is 3. The van der Waals surface area contributed by atoms with Crippen LogP contribution < -0.4 is 14.8 Å². The molecule has 0 saturated carbocycles. The number of benzene rings is 2. The summed E-state index contributed by atoms with van der Waals surface area (Å²) in [6.45, 7) is 12.1. The maximum atomic E-state index is 6.02. The molecular weight excluding hydrogens is 435 g/mol. The minimum Gasteiger partial charge on any atom is -0.490 e. The van der Waals surface area contributed by atoms with Gasteiger partial charge < -0.3 is 19.5 Å². The zero-order valence-electron chi connectivity index (χ0n) is 18.6. The van der Waals surface area contributed by atoms with E-state index in [9.17, 15) is 0 Å². The highest BCUT2D eigenvalue weighted by Gasteiger charge is 2.10. The molecular formula is C24H36Cl2N2O3. The molecule has 0 spiro atoms.